The van der Waals surface area contributed by atoms with E-state index in [1.807, 2.05) is 0 Å². The first-order valence-electron chi connectivity index (χ1n) is 8.88. The number of sulfone groups is 1. The zero-order valence-electron chi connectivity index (χ0n) is 14.9. The van der Waals surface area contributed by atoms with Crippen molar-refractivity contribution in [3.63, 3.8) is 0 Å². The number of halogens is 3. The van der Waals surface area contributed by atoms with E-state index in [-0.39, 0.29) is 29.1 Å². The van der Waals surface area contributed by atoms with E-state index in [2.05, 4.69) is 5.32 Å². The molecule has 2 unspecified atom stereocenters. The lowest BCUT2D eigenvalue weighted by Crippen LogP contribution is -2.41. The topological polar surface area (TPSA) is 76.4 Å². The quantitative estimate of drug-likeness (QED) is 0.798. The van der Waals surface area contributed by atoms with E-state index in [0.717, 1.165) is 0 Å². The molecule has 2 aromatic rings. The summed E-state index contributed by atoms with van der Waals surface area (Å²) in [6, 6.07) is 8.54. The van der Waals surface area contributed by atoms with Gasteiger partial charge in [0.1, 0.15) is 0 Å². The molecule has 1 aliphatic rings. The highest BCUT2D eigenvalue weighted by Gasteiger charge is 2.42. The van der Waals surface area contributed by atoms with Gasteiger partial charge in [-0.1, -0.05) is 24.6 Å². The van der Waals surface area contributed by atoms with E-state index in [9.17, 15) is 26.4 Å². The van der Waals surface area contributed by atoms with E-state index in [4.69, 9.17) is 4.42 Å². The van der Waals surface area contributed by atoms with Crippen molar-refractivity contribution in [3.8, 4) is 0 Å². The molecule has 2 atom stereocenters. The van der Waals surface area contributed by atoms with Gasteiger partial charge in [0.25, 0.3) is 5.91 Å². The number of amides is 1. The lowest BCUT2D eigenvalue weighted by Gasteiger charge is -2.30. The van der Waals surface area contributed by atoms with E-state index in [1.54, 1.807) is 18.2 Å². The molecule has 1 saturated carbocycles. The van der Waals surface area contributed by atoms with Crippen LogP contribution in [-0.4, -0.2) is 26.5 Å². The fourth-order valence-electron chi connectivity index (χ4n) is 3.43. The Morgan fingerprint density at radius 3 is 2.54 bits per heavy atom. The van der Waals surface area contributed by atoms with E-state index >= 15 is 0 Å². The van der Waals surface area contributed by atoms with E-state index in [1.165, 1.54) is 24.5 Å². The molecule has 0 radical (unpaired) electrons. The number of furan rings is 1. The molecule has 1 amide bonds. The predicted molar refractivity (Wildman–Crippen MR) is 95.3 cm³/mol. The van der Waals surface area contributed by atoms with Crippen LogP contribution in [0.1, 0.15) is 41.8 Å². The van der Waals surface area contributed by atoms with Gasteiger partial charge in [-0.3, -0.25) is 4.79 Å². The summed E-state index contributed by atoms with van der Waals surface area (Å²) < 4.78 is 69.0. The SMILES string of the molecule is O=C(NC1CCCC(C(F)(F)F)C1)c1occc1CS(=O)(=O)c1ccccc1. The average molecular weight is 415 g/mol. The Balaban J connectivity index is 1.70. The van der Waals surface area contributed by atoms with Crippen LogP contribution in [0.3, 0.4) is 0 Å². The van der Waals surface area contributed by atoms with Crippen molar-refractivity contribution in [1.82, 2.24) is 5.32 Å². The minimum Gasteiger partial charge on any atom is -0.459 e. The second kappa shape index (κ2) is 7.98. The third-order valence-corrected chi connectivity index (χ3v) is 6.55. The minimum atomic E-state index is -4.29. The van der Waals surface area contributed by atoms with Gasteiger partial charge in [-0.25, -0.2) is 8.42 Å². The van der Waals surface area contributed by atoms with Crippen LogP contribution >= 0.6 is 0 Å². The first-order valence-corrected chi connectivity index (χ1v) is 10.5. The molecule has 5 nitrogen and oxygen atoms in total. The summed E-state index contributed by atoms with van der Waals surface area (Å²) >= 11 is 0. The number of carbonyl (C=O) groups excluding carboxylic acids is 1. The Morgan fingerprint density at radius 1 is 1.14 bits per heavy atom. The summed E-state index contributed by atoms with van der Waals surface area (Å²) in [6.45, 7) is 0. The fraction of sp³-hybridized carbons (Fsp3) is 0.421. The predicted octanol–water partition coefficient (Wildman–Crippen LogP) is 4.10. The molecule has 0 bridgehead atoms. The number of hydrogen-bond donors (Lipinski definition) is 1. The summed E-state index contributed by atoms with van der Waals surface area (Å²) in [5.41, 5.74) is 0.171. The molecule has 1 heterocycles. The molecule has 1 fully saturated rings. The number of rotatable bonds is 5. The van der Waals surface area contributed by atoms with Crippen molar-refractivity contribution >= 4 is 15.7 Å². The van der Waals surface area contributed by atoms with Gasteiger partial charge in [0.2, 0.25) is 0 Å². The van der Waals surface area contributed by atoms with Crippen molar-refractivity contribution in [2.75, 3.05) is 0 Å². The number of hydrogen-bond acceptors (Lipinski definition) is 4. The molecule has 0 spiro atoms. The second-order valence-corrected chi connectivity index (χ2v) is 8.91. The maximum atomic E-state index is 12.9. The van der Waals surface area contributed by atoms with Crippen LogP contribution in [0, 0.1) is 5.92 Å². The third-order valence-electron chi connectivity index (χ3n) is 4.87. The van der Waals surface area contributed by atoms with Gasteiger partial charge in [0, 0.05) is 11.6 Å². The Morgan fingerprint density at radius 2 is 1.86 bits per heavy atom. The first-order chi connectivity index (χ1) is 13.2. The molecule has 1 aromatic carbocycles. The zero-order valence-corrected chi connectivity index (χ0v) is 15.7. The van der Waals surface area contributed by atoms with E-state index < -0.39 is 39.6 Å². The molecule has 1 aromatic heterocycles. The maximum Gasteiger partial charge on any atom is 0.391 e. The van der Waals surface area contributed by atoms with E-state index in [0.29, 0.717) is 12.8 Å². The minimum absolute atomic E-state index is 0.0528. The zero-order chi connectivity index (χ0) is 20.4. The van der Waals surface area contributed by atoms with Gasteiger partial charge in [0.15, 0.2) is 15.6 Å². The van der Waals surface area contributed by atoms with Crippen molar-refractivity contribution < 1.29 is 30.8 Å². The molecule has 9 heteroatoms. The summed E-state index contributed by atoms with van der Waals surface area (Å²) in [5.74, 6) is -2.77. The Bertz CT molecular complexity index is 922. The van der Waals surface area contributed by atoms with Gasteiger partial charge in [-0.15, -0.1) is 0 Å². The molecule has 1 N–H and O–H groups in total. The Kier molecular flexibility index (Phi) is 5.83. The molecular weight excluding hydrogens is 395 g/mol. The smallest absolute Gasteiger partial charge is 0.391 e. The Labute approximate surface area is 160 Å². The molecule has 3 rings (SSSR count). The average Bonchev–Trinajstić information content (AvgIpc) is 3.09. The van der Waals surface area contributed by atoms with Gasteiger partial charge in [0.05, 0.1) is 22.8 Å². The van der Waals surface area contributed by atoms with Gasteiger partial charge in [-0.2, -0.15) is 13.2 Å². The molecule has 152 valence electrons. The summed E-state index contributed by atoms with van der Waals surface area (Å²) in [5, 5.41) is 2.56. The first kappa shape index (κ1) is 20.4. The van der Waals surface area contributed by atoms with Crippen LogP contribution < -0.4 is 5.32 Å². The lowest BCUT2D eigenvalue weighted by molar-refractivity contribution is -0.183. The third kappa shape index (κ3) is 4.76. The fourth-order valence-corrected chi connectivity index (χ4v) is 4.81. The molecule has 0 aliphatic heterocycles. The van der Waals surface area contributed by atoms with Crippen molar-refractivity contribution in [1.29, 1.82) is 0 Å². The monoisotopic (exact) mass is 415 g/mol. The number of nitrogens with one attached hydrogen (secondary N) is 1. The van der Waals surface area contributed by atoms with Crippen molar-refractivity contribution in [3.05, 3.63) is 54.0 Å². The summed E-state index contributed by atoms with van der Waals surface area (Å²) in [4.78, 5) is 12.6. The lowest BCUT2D eigenvalue weighted by atomic mass is 9.85. The highest BCUT2D eigenvalue weighted by molar-refractivity contribution is 7.90. The van der Waals surface area contributed by atoms with Crippen LogP contribution in [0.2, 0.25) is 0 Å². The van der Waals surface area contributed by atoms with Crippen LogP contribution in [0.25, 0.3) is 0 Å². The Hall–Kier alpha value is -2.29. The van der Waals surface area contributed by atoms with Crippen molar-refractivity contribution in [2.45, 2.75) is 48.5 Å². The standard InChI is InChI=1S/C19H20F3NO4S/c20-19(21,22)14-5-4-6-15(11-14)23-18(24)17-13(9-10-27-17)12-28(25,26)16-7-2-1-3-8-16/h1-3,7-10,14-15H,4-6,11-12H2,(H,23,24). The van der Waals surface area contributed by atoms with Crippen LogP contribution in [0.5, 0.6) is 0 Å². The molecule has 28 heavy (non-hydrogen) atoms. The largest absolute Gasteiger partial charge is 0.459 e. The second-order valence-electron chi connectivity index (χ2n) is 6.92. The molecular formula is C19H20F3NO4S. The maximum absolute atomic E-state index is 12.9. The number of alkyl halides is 3. The highest BCUT2D eigenvalue weighted by Crippen LogP contribution is 2.37. The number of carbonyl (C=O) groups is 1. The van der Waals surface area contributed by atoms with Gasteiger partial charge in [-0.05, 0) is 37.5 Å². The van der Waals surface area contributed by atoms with Gasteiger partial charge >= 0.3 is 6.18 Å². The van der Waals surface area contributed by atoms with Gasteiger partial charge < -0.3 is 9.73 Å². The summed E-state index contributed by atoms with van der Waals surface area (Å²) in [6.07, 6.45) is -2.42. The number of benzene rings is 1. The van der Waals surface area contributed by atoms with Crippen LogP contribution in [-0.2, 0) is 15.6 Å². The van der Waals surface area contributed by atoms with Crippen LogP contribution in [0.4, 0.5) is 13.2 Å². The summed E-state index contributed by atoms with van der Waals surface area (Å²) in [7, 11) is -3.69. The van der Waals surface area contributed by atoms with Crippen molar-refractivity contribution in [2.24, 2.45) is 5.92 Å². The normalized spacial score (nSPS) is 20.7. The molecule has 0 saturated heterocycles. The van der Waals surface area contributed by atoms with Crippen LogP contribution in [0.15, 0.2) is 52.0 Å². The molecule has 1 aliphatic carbocycles. The highest BCUT2D eigenvalue weighted by atomic mass is 32.2.